The Morgan fingerprint density at radius 1 is 1.19 bits per heavy atom. The molecule has 1 unspecified atom stereocenters. The Balaban J connectivity index is 1.77. The van der Waals surface area contributed by atoms with Gasteiger partial charge in [0.2, 0.25) is 0 Å². The van der Waals surface area contributed by atoms with Gasteiger partial charge in [-0.15, -0.1) is 0 Å². The number of nitrogens with zero attached hydrogens (tertiary/aromatic N) is 3. The lowest BCUT2D eigenvalue weighted by Gasteiger charge is -2.28. The number of carbonyl (C=O) groups excluding carboxylic acids is 1. The summed E-state index contributed by atoms with van der Waals surface area (Å²) in [6.07, 6.45) is 7.41. The maximum atomic E-state index is 12.7. The van der Waals surface area contributed by atoms with Crippen LogP contribution in [0.4, 0.5) is 5.82 Å². The van der Waals surface area contributed by atoms with Gasteiger partial charge in [0.25, 0.3) is 5.91 Å². The first kappa shape index (κ1) is 20.0. The van der Waals surface area contributed by atoms with Crippen molar-refractivity contribution in [1.82, 2.24) is 15.3 Å². The van der Waals surface area contributed by atoms with Gasteiger partial charge in [-0.3, -0.25) is 4.79 Å². The number of aryl methyl sites for hydroxylation is 1. The monoisotopic (exact) mass is 394 g/mol. The van der Waals surface area contributed by atoms with Gasteiger partial charge in [-0.25, -0.2) is 18.4 Å². The molecule has 0 bridgehead atoms. The van der Waals surface area contributed by atoms with Crippen molar-refractivity contribution in [3.63, 3.8) is 0 Å². The average molecular weight is 395 g/mol. The molecular formula is C19H30N4O3S. The van der Waals surface area contributed by atoms with E-state index in [0.29, 0.717) is 30.3 Å². The number of anilines is 1. The molecule has 2 heterocycles. The van der Waals surface area contributed by atoms with E-state index in [-0.39, 0.29) is 29.5 Å². The minimum absolute atomic E-state index is 0.0907. The van der Waals surface area contributed by atoms with Crippen molar-refractivity contribution in [2.45, 2.75) is 70.9 Å². The van der Waals surface area contributed by atoms with Gasteiger partial charge in [-0.2, -0.15) is 0 Å². The Bertz CT molecular complexity index is 773. The number of carbonyl (C=O) groups is 1. The summed E-state index contributed by atoms with van der Waals surface area (Å²) >= 11 is 0. The van der Waals surface area contributed by atoms with Crippen molar-refractivity contribution in [1.29, 1.82) is 0 Å². The van der Waals surface area contributed by atoms with Crippen LogP contribution in [-0.4, -0.2) is 54.4 Å². The first-order valence-electron chi connectivity index (χ1n) is 10.0. The van der Waals surface area contributed by atoms with Crippen LogP contribution in [0.3, 0.4) is 0 Å². The highest BCUT2D eigenvalue weighted by molar-refractivity contribution is 7.91. The summed E-state index contributed by atoms with van der Waals surface area (Å²) in [5.74, 6) is 1.36. The quantitative estimate of drug-likeness (QED) is 0.770. The van der Waals surface area contributed by atoms with Crippen LogP contribution in [0.25, 0.3) is 0 Å². The molecule has 150 valence electrons. The van der Waals surface area contributed by atoms with Crippen molar-refractivity contribution in [3.8, 4) is 0 Å². The van der Waals surface area contributed by atoms with Crippen LogP contribution in [-0.2, 0) is 9.84 Å². The van der Waals surface area contributed by atoms with E-state index in [1.165, 1.54) is 12.8 Å². The molecule has 2 fully saturated rings. The minimum Gasteiger partial charge on any atom is -0.353 e. The van der Waals surface area contributed by atoms with Gasteiger partial charge < -0.3 is 10.2 Å². The third kappa shape index (κ3) is 5.18. The van der Waals surface area contributed by atoms with Gasteiger partial charge in [0.1, 0.15) is 17.3 Å². The lowest BCUT2D eigenvalue weighted by Crippen LogP contribution is -2.38. The molecule has 1 aromatic heterocycles. The van der Waals surface area contributed by atoms with Crippen molar-refractivity contribution in [2.75, 3.05) is 23.0 Å². The van der Waals surface area contributed by atoms with Crippen LogP contribution < -0.4 is 10.2 Å². The summed E-state index contributed by atoms with van der Waals surface area (Å²) in [5, 5.41) is 3.13. The lowest BCUT2D eigenvalue weighted by molar-refractivity contribution is 0.0928. The second-order valence-electron chi connectivity index (χ2n) is 7.66. The van der Waals surface area contributed by atoms with Gasteiger partial charge in [-0.05, 0) is 33.1 Å². The second-order valence-corrected chi connectivity index (χ2v) is 9.89. The van der Waals surface area contributed by atoms with E-state index in [1.54, 1.807) is 13.0 Å². The molecule has 1 aromatic rings. The summed E-state index contributed by atoms with van der Waals surface area (Å²) in [7, 11) is -2.98. The van der Waals surface area contributed by atoms with Gasteiger partial charge in [-0.1, -0.05) is 25.7 Å². The Kier molecular flexibility index (Phi) is 6.34. The molecular weight excluding hydrogens is 364 g/mol. The lowest BCUT2D eigenvalue weighted by atomic mass is 10.1. The summed E-state index contributed by atoms with van der Waals surface area (Å²) in [5.41, 5.74) is 0.362. The molecule has 0 aromatic carbocycles. The Hall–Kier alpha value is -1.70. The predicted molar refractivity (Wildman–Crippen MR) is 106 cm³/mol. The van der Waals surface area contributed by atoms with Crippen LogP contribution in [0.2, 0.25) is 0 Å². The van der Waals surface area contributed by atoms with Crippen molar-refractivity contribution in [2.24, 2.45) is 0 Å². The predicted octanol–water partition coefficient (Wildman–Crippen LogP) is 2.25. The van der Waals surface area contributed by atoms with Gasteiger partial charge in [0.05, 0.1) is 11.5 Å². The maximum absolute atomic E-state index is 12.7. The zero-order valence-corrected chi connectivity index (χ0v) is 17.1. The Morgan fingerprint density at radius 3 is 2.48 bits per heavy atom. The number of sulfone groups is 1. The number of nitrogens with one attached hydrogen (secondary N) is 1. The number of amides is 1. The smallest absolute Gasteiger partial charge is 0.270 e. The maximum Gasteiger partial charge on any atom is 0.270 e. The summed E-state index contributed by atoms with van der Waals surface area (Å²) in [6, 6.07) is 1.82. The molecule has 2 aliphatic rings. The topological polar surface area (TPSA) is 92.3 Å². The molecule has 1 saturated heterocycles. The van der Waals surface area contributed by atoms with E-state index < -0.39 is 9.84 Å². The molecule has 1 N–H and O–H groups in total. The van der Waals surface area contributed by atoms with E-state index in [1.807, 2.05) is 11.8 Å². The molecule has 7 nitrogen and oxygen atoms in total. The second kappa shape index (κ2) is 8.54. The van der Waals surface area contributed by atoms with Crippen LogP contribution >= 0.6 is 0 Å². The van der Waals surface area contributed by atoms with Gasteiger partial charge in [0, 0.05) is 24.7 Å². The van der Waals surface area contributed by atoms with Crippen molar-refractivity contribution in [3.05, 3.63) is 17.6 Å². The molecule has 8 heteroatoms. The first-order valence-corrected chi connectivity index (χ1v) is 11.8. The van der Waals surface area contributed by atoms with Crippen LogP contribution in [0.15, 0.2) is 6.07 Å². The van der Waals surface area contributed by atoms with E-state index in [0.717, 1.165) is 25.7 Å². The fourth-order valence-electron chi connectivity index (χ4n) is 4.13. The third-order valence-electron chi connectivity index (χ3n) is 5.53. The summed E-state index contributed by atoms with van der Waals surface area (Å²) < 4.78 is 23.7. The van der Waals surface area contributed by atoms with Gasteiger partial charge >= 0.3 is 0 Å². The zero-order chi connectivity index (χ0) is 19.4. The number of hydrogen-bond acceptors (Lipinski definition) is 6. The van der Waals surface area contributed by atoms with Crippen molar-refractivity contribution >= 4 is 21.6 Å². The molecule has 1 atom stereocenters. The normalized spacial score (nSPS) is 23.0. The fourth-order valence-corrected chi connectivity index (χ4v) is 5.86. The first-order chi connectivity index (χ1) is 12.9. The number of rotatable bonds is 5. The molecule has 1 amide bonds. The Morgan fingerprint density at radius 2 is 1.89 bits per heavy atom. The number of aromatic nitrogens is 2. The van der Waals surface area contributed by atoms with E-state index in [2.05, 4.69) is 15.3 Å². The molecule has 1 aliphatic carbocycles. The van der Waals surface area contributed by atoms with Crippen LogP contribution in [0, 0.1) is 6.92 Å². The van der Waals surface area contributed by atoms with E-state index in [9.17, 15) is 13.2 Å². The van der Waals surface area contributed by atoms with Crippen molar-refractivity contribution < 1.29 is 13.2 Å². The molecule has 0 radical (unpaired) electrons. The largest absolute Gasteiger partial charge is 0.353 e. The summed E-state index contributed by atoms with van der Waals surface area (Å²) in [6.45, 7) is 4.39. The minimum atomic E-state index is -2.98. The molecule has 1 saturated carbocycles. The molecule has 27 heavy (non-hydrogen) atoms. The molecule has 1 aliphatic heterocycles. The van der Waals surface area contributed by atoms with Crippen LogP contribution in [0.1, 0.15) is 68.2 Å². The van der Waals surface area contributed by atoms with E-state index >= 15 is 0 Å². The average Bonchev–Trinajstić information content (AvgIpc) is 2.81. The van der Waals surface area contributed by atoms with Crippen LogP contribution in [0.5, 0.6) is 0 Å². The fraction of sp³-hybridized carbons (Fsp3) is 0.737. The third-order valence-corrected chi connectivity index (χ3v) is 7.28. The highest BCUT2D eigenvalue weighted by atomic mass is 32.2. The summed E-state index contributed by atoms with van der Waals surface area (Å²) in [4.78, 5) is 23.5. The van der Waals surface area contributed by atoms with Gasteiger partial charge in [0.15, 0.2) is 9.84 Å². The molecule has 3 rings (SSSR count). The highest BCUT2D eigenvalue weighted by Gasteiger charge is 2.32. The SMILES string of the molecule is CCN(c1cc(C(=O)NC2CCCCCC2)nc(C)n1)C1CCS(=O)(=O)C1. The Labute approximate surface area is 161 Å². The standard InChI is InChI=1S/C19H30N4O3S/c1-3-23(16-10-11-27(25,26)13-16)18-12-17(20-14(2)21-18)19(24)22-15-8-6-4-5-7-9-15/h12,15-16H,3-11,13H2,1-2H3,(H,22,24). The zero-order valence-electron chi connectivity index (χ0n) is 16.3. The highest BCUT2D eigenvalue weighted by Crippen LogP contribution is 2.24. The number of hydrogen-bond donors (Lipinski definition) is 1. The van der Waals surface area contributed by atoms with E-state index in [4.69, 9.17) is 0 Å². The molecule has 0 spiro atoms.